The molecular formula is C47H30N4S. The van der Waals surface area contributed by atoms with E-state index in [1.165, 1.54) is 69.6 Å². The molecule has 0 spiro atoms. The van der Waals surface area contributed by atoms with Crippen molar-refractivity contribution in [2.75, 3.05) is 7.05 Å². The molecule has 0 amide bonds. The molecule has 0 unspecified atom stereocenters. The Morgan fingerprint density at radius 3 is 1.63 bits per heavy atom. The summed E-state index contributed by atoms with van der Waals surface area (Å²) in [6.45, 7) is 4.04. The van der Waals surface area contributed by atoms with E-state index in [4.69, 9.17) is 0 Å². The van der Waals surface area contributed by atoms with Crippen LogP contribution in [0.15, 0.2) is 156 Å². The summed E-state index contributed by atoms with van der Waals surface area (Å²) in [7, 11) is 1.83. The third-order valence-electron chi connectivity index (χ3n) is 10.8. The van der Waals surface area contributed by atoms with Crippen LogP contribution >= 0.6 is 11.3 Å². The zero-order valence-corrected chi connectivity index (χ0v) is 29.2. The van der Waals surface area contributed by atoms with E-state index >= 15 is 0 Å². The summed E-state index contributed by atoms with van der Waals surface area (Å²) in [5, 5.41) is 14.4. The summed E-state index contributed by atoms with van der Waals surface area (Å²) in [6, 6.07) is 53.0. The van der Waals surface area contributed by atoms with Crippen molar-refractivity contribution in [1.29, 1.82) is 0 Å². The maximum Gasteiger partial charge on any atom is 0.125 e. The standard InChI is InChI=1S/C47H30N4S/c1-48-27-38-42-41-35-20-10-12-22-39(35)50(28-14-4-3-5-15-28)44(41)43-36-21-11-13-23-40(36)51(45(43)46(42)52-47(38)49-2)29-24-25-34-32-18-7-6-16-30(32)31-17-8-9-19-33(31)37(34)26-29/h3-27H,2H2,1H3/b48-27-. The summed E-state index contributed by atoms with van der Waals surface area (Å²) < 4.78 is 6.11. The van der Waals surface area contributed by atoms with E-state index in [0.29, 0.717) is 0 Å². The van der Waals surface area contributed by atoms with Gasteiger partial charge in [-0.1, -0.05) is 109 Å². The summed E-state index contributed by atoms with van der Waals surface area (Å²) in [4.78, 5) is 9.17. The largest absolute Gasteiger partial charge is 0.309 e. The highest BCUT2D eigenvalue weighted by Crippen LogP contribution is 2.52. The fourth-order valence-corrected chi connectivity index (χ4v) is 9.91. The van der Waals surface area contributed by atoms with Crippen LogP contribution in [0, 0.1) is 0 Å². The minimum atomic E-state index is 0.874. The highest BCUT2D eigenvalue weighted by molar-refractivity contribution is 7.24. The first kappa shape index (κ1) is 29.2. The van der Waals surface area contributed by atoms with Gasteiger partial charge in [0.1, 0.15) is 5.00 Å². The summed E-state index contributed by atoms with van der Waals surface area (Å²) in [6.07, 6.45) is 1.96. The van der Waals surface area contributed by atoms with Crippen molar-refractivity contribution in [3.8, 4) is 11.4 Å². The number of aromatic nitrogens is 2. The molecule has 11 aromatic rings. The first-order chi connectivity index (χ1) is 25.8. The number of nitrogens with zero attached hydrogens (tertiary/aromatic N) is 4. The Kier molecular flexibility index (Phi) is 6.16. The van der Waals surface area contributed by atoms with Gasteiger partial charge in [-0.25, -0.2) is 0 Å². The molecule has 3 heterocycles. The molecule has 0 saturated heterocycles. The van der Waals surface area contributed by atoms with Gasteiger partial charge in [0.15, 0.2) is 0 Å². The molecule has 0 fully saturated rings. The van der Waals surface area contributed by atoms with E-state index < -0.39 is 0 Å². The maximum atomic E-state index is 4.61. The third kappa shape index (κ3) is 3.80. The predicted octanol–water partition coefficient (Wildman–Crippen LogP) is 12.9. The van der Waals surface area contributed by atoms with E-state index in [2.05, 4.69) is 171 Å². The molecule has 244 valence electrons. The predicted molar refractivity (Wildman–Crippen MR) is 226 cm³/mol. The number of para-hydroxylation sites is 3. The zero-order valence-electron chi connectivity index (χ0n) is 28.3. The molecular weight excluding hydrogens is 653 g/mol. The highest BCUT2D eigenvalue weighted by atomic mass is 32.1. The van der Waals surface area contributed by atoms with Crippen LogP contribution in [0.2, 0.25) is 0 Å². The van der Waals surface area contributed by atoms with E-state index in [9.17, 15) is 0 Å². The van der Waals surface area contributed by atoms with Gasteiger partial charge >= 0.3 is 0 Å². The van der Waals surface area contributed by atoms with Crippen LogP contribution in [-0.4, -0.2) is 29.1 Å². The van der Waals surface area contributed by atoms with Crippen LogP contribution in [-0.2, 0) is 0 Å². The monoisotopic (exact) mass is 682 g/mol. The molecule has 5 heteroatoms. The molecule has 0 bridgehead atoms. The smallest absolute Gasteiger partial charge is 0.125 e. The maximum absolute atomic E-state index is 4.61. The topological polar surface area (TPSA) is 34.6 Å². The molecule has 0 radical (unpaired) electrons. The molecule has 52 heavy (non-hydrogen) atoms. The molecule has 0 aliphatic rings. The normalized spacial score (nSPS) is 12.3. The average Bonchev–Trinajstić information content (AvgIpc) is 3.86. The molecule has 0 N–H and O–H groups in total. The van der Waals surface area contributed by atoms with Crippen molar-refractivity contribution in [3.63, 3.8) is 0 Å². The molecule has 0 aliphatic carbocycles. The molecule has 11 rings (SSSR count). The lowest BCUT2D eigenvalue weighted by atomic mass is 9.94. The van der Waals surface area contributed by atoms with Gasteiger partial charge in [-0.3, -0.25) is 9.98 Å². The lowest BCUT2D eigenvalue weighted by Crippen LogP contribution is -1.96. The lowest BCUT2D eigenvalue weighted by Gasteiger charge is -2.14. The summed E-state index contributed by atoms with van der Waals surface area (Å²) >= 11 is 1.70. The van der Waals surface area contributed by atoms with Gasteiger partial charge in [-0.15, -0.1) is 11.3 Å². The Morgan fingerprint density at radius 2 is 1.02 bits per heavy atom. The minimum absolute atomic E-state index is 0.874. The average molecular weight is 683 g/mol. The van der Waals surface area contributed by atoms with Crippen LogP contribution in [0.5, 0.6) is 0 Å². The summed E-state index contributed by atoms with van der Waals surface area (Å²) in [5.41, 5.74) is 7.92. The molecule has 0 atom stereocenters. The van der Waals surface area contributed by atoms with Crippen molar-refractivity contribution < 1.29 is 0 Å². The number of hydrogen-bond acceptors (Lipinski definition) is 3. The lowest BCUT2D eigenvalue weighted by molar-refractivity contribution is 1.18. The zero-order chi connectivity index (χ0) is 34.5. The van der Waals surface area contributed by atoms with Gasteiger partial charge in [-0.2, -0.15) is 0 Å². The number of benzene rings is 8. The van der Waals surface area contributed by atoms with Crippen molar-refractivity contribution in [2.24, 2.45) is 9.98 Å². The summed E-state index contributed by atoms with van der Waals surface area (Å²) in [5.74, 6) is 0. The van der Waals surface area contributed by atoms with E-state index in [1.807, 2.05) is 13.3 Å². The second-order valence-electron chi connectivity index (χ2n) is 13.4. The minimum Gasteiger partial charge on any atom is -0.309 e. The Labute approximate surface area is 302 Å². The van der Waals surface area contributed by atoms with Gasteiger partial charge in [0.05, 0.1) is 26.8 Å². The Bertz CT molecular complexity index is 3290. The highest BCUT2D eigenvalue weighted by Gasteiger charge is 2.28. The van der Waals surface area contributed by atoms with E-state index in [0.717, 1.165) is 38.4 Å². The van der Waals surface area contributed by atoms with Crippen molar-refractivity contribution >= 4 is 115 Å². The van der Waals surface area contributed by atoms with Crippen LogP contribution in [0.1, 0.15) is 5.56 Å². The van der Waals surface area contributed by atoms with Gasteiger partial charge in [0.25, 0.3) is 0 Å². The van der Waals surface area contributed by atoms with E-state index in [1.54, 1.807) is 11.3 Å². The first-order valence-corrected chi connectivity index (χ1v) is 18.3. The van der Waals surface area contributed by atoms with Gasteiger partial charge < -0.3 is 9.13 Å². The quantitative estimate of drug-likeness (QED) is 0.131. The first-order valence-electron chi connectivity index (χ1n) is 17.5. The van der Waals surface area contributed by atoms with Crippen molar-refractivity contribution in [3.05, 3.63) is 151 Å². The second kappa shape index (κ2) is 11.0. The molecule has 8 aromatic carbocycles. The number of aliphatic imine (C=N–C) groups is 2. The Morgan fingerprint density at radius 1 is 0.500 bits per heavy atom. The van der Waals surface area contributed by atoms with Crippen LogP contribution < -0.4 is 0 Å². The van der Waals surface area contributed by atoms with Crippen molar-refractivity contribution in [2.45, 2.75) is 0 Å². The number of rotatable bonds is 4. The van der Waals surface area contributed by atoms with Crippen LogP contribution in [0.4, 0.5) is 5.00 Å². The third-order valence-corrected chi connectivity index (χ3v) is 11.9. The van der Waals surface area contributed by atoms with Crippen LogP contribution in [0.25, 0.3) is 97.4 Å². The van der Waals surface area contributed by atoms with Gasteiger partial charge in [-0.05, 0) is 75.4 Å². The van der Waals surface area contributed by atoms with Crippen molar-refractivity contribution in [1.82, 2.24) is 9.13 Å². The number of hydrogen-bond donors (Lipinski definition) is 0. The van der Waals surface area contributed by atoms with E-state index in [-0.39, 0.29) is 0 Å². The van der Waals surface area contributed by atoms with Crippen LogP contribution in [0.3, 0.4) is 0 Å². The molecule has 0 aliphatic heterocycles. The number of fused-ring (bicyclic) bond motifs is 16. The molecule has 4 nitrogen and oxygen atoms in total. The Hall–Kier alpha value is -6.56. The SMILES string of the molecule is C=Nc1sc2c(c1/C=N\C)c1c3ccccc3n(-c3ccccc3)c1c1c3ccccc3n(-c3ccc4c5ccccc5c5ccccc5c4c3)c21. The van der Waals surface area contributed by atoms with Gasteiger partial charge in [0.2, 0.25) is 0 Å². The number of thiophene rings is 1. The fourth-order valence-electron chi connectivity index (χ4n) is 8.79. The fraction of sp³-hybridized carbons (Fsp3) is 0.0213. The van der Waals surface area contributed by atoms with Gasteiger partial charge in [0, 0.05) is 57.1 Å². The Balaban J connectivity index is 1.41. The molecule has 3 aromatic heterocycles. The molecule has 0 saturated carbocycles. The second-order valence-corrected chi connectivity index (χ2v) is 14.4.